The van der Waals surface area contributed by atoms with Crippen molar-refractivity contribution in [2.45, 2.75) is 53.2 Å². The SMILES string of the molecule is Cc1cc(C(NCCC(C)O)C(C)C)c(C)s1. The molecule has 2 unspecified atom stereocenters. The van der Waals surface area contributed by atoms with E-state index in [2.05, 4.69) is 39.1 Å². The van der Waals surface area contributed by atoms with Gasteiger partial charge in [-0.1, -0.05) is 13.8 Å². The van der Waals surface area contributed by atoms with Gasteiger partial charge < -0.3 is 10.4 Å². The van der Waals surface area contributed by atoms with Crippen LogP contribution in [0.25, 0.3) is 0 Å². The lowest BCUT2D eigenvalue weighted by atomic mass is 9.96. The van der Waals surface area contributed by atoms with Crippen molar-refractivity contribution in [2.75, 3.05) is 6.54 Å². The first-order valence-corrected chi connectivity index (χ1v) is 7.21. The second kappa shape index (κ2) is 6.53. The highest BCUT2D eigenvalue weighted by Crippen LogP contribution is 2.30. The van der Waals surface area contributed by atoms with E-state index in [4.69, 9.17) is 0 Å². The predicted molar refractivity (Wildman–Crippen MR) is 75.7 cm³/mol. The minimum Gasteiger partial charge on any atom is -0.393 e. The molecule has 0 aliphatic heterocycles. The molecule has 0 radical (unpaired) electrons. The summed E-state index contributed by atoms with van der Waals surface area (Å²) in [5, 5.41) is 12.9. The highest BCUT2D eigenvalue weighted by Gasteiger charge is 2.18. The molecule has 2 atom stereocenters. The minimum absolute atomic E-state index is 0.222. The Morgan fingerprint density at radius 2 is 1.94 bits per heavy atom. The average Bonchev–Trinajstić information content (AvgIpc) is 2.51. The molecule has 0 aliphatic carbocycles. The van der Waals surface area contributed by atoms with E-state index in [1.54, 1.807) is 0 Å². The van der Waals surface area contributed by atoms with Gasteiger partial charge >= 0.3 is 0 Å². The first-order chi connectivity index (χ1) is 7.91. The van der Waals surface area contributed by atoms with E-state index in [9.17, 15) is 5.11 Å². The topological polar surface area (TPSA) is 32.3 Å². The first-order valence-electron chi connectivity index (χ1n) is 6.40. The second-order valence-corrected chi connectivity index (χ2v) is 6.64. The smallest absolute Gasteiger partial charge is 0.0524 e. The molecule has 1 aromatic heterocycles. The average molecular weight is 255 g/mol. The van der Waals surface area contributed by atoms with Crippen LogP contribution in [0.1, 0.15) is 48.6 Å². The van der Waals surface area contributed by atoms with Gasteiger partial charge in [0.15, 0.2) is 0 Å². The van der Waals surface area contributed by atoms with Crippen LogP contribution in [-0.4, -0.2) is 17.8 Å². The van der Waals surface area contributed by atoms with Crippen LogP contribution in [-0.2, 0) is 0 Å². The number of hydrogen-bond acceptors (Lipinski definition) is 3. The van der Waals surface area contributed by atoms with E-state index in [1.807, 2.05) is 18.3 Å². The predicted octanol–water partition coefficient (Wildman–Crippen LogP) is 3.42. The van der Waals surface area contributed by atoms with Gasteiger partial charge in [0.1, 0.15) is 0 Å². The van der Waals surface area contributed by atoms with Gasteiger partial charge in [-0.15, -0.1) is 11.3 Å². The number of hydrogen-bond donors (Lipinski definition) is 2. The van der Waals surface area contributed by atoms with Gasteiger partial charge in [-0.3, -0.25) is 0 Å². The molecule has 17 heavy (non-hydrogen) atoms. The van der Waals surface area contributed by atoms with E-state index in [1.165, 1.54) is 15.3 Å². The zero-order valence-corrected chi connectivity index (χ0v) is 12.4. The van der Waals surface area contributed by atoms with Crippen molar-refractivity contribution in [1.82, 2.24) is 5.32 Å². The fourth-order valence-electron chi connectivity index (χ4n) is 2.11. The Morgan fingerprint density at radius 3 is 2.35 bits per heavy atom. The minimum atomic E-state index is -0.222. The standard InChI is InChI=1S/C14H25NOS/c1-9(2)14(15-7-6-10(3)16)13-8-11(4)17-12(13)5/h8-10,14-16H,6-7H2,1-5H3. The van der Waals surface area contributed by atoms with E-state index >= 15 is 0 Å². The zero-order valence-electron chi connectivity index (χ0n) is 11.6. The summed E-state index contributed by atoms with van der Waals surface area (Å²) in [6.45, 7) is 11.5. The third-order valence-corrected chi connectivity index (χ3v) is 3.99. The number of aryl methyl sites for hydroxylation is 2. The molecular formula is C14H25NOS. The van der Waals surface area contributed by atoms with Gasteiger partial charge in [0.2, 0.25) is 0 Å². The van der Waals surface area contributed by atoms with Crippen LogP contribution in [0, 0.1) is 19.8 Å². The number of thiophene rings is 1. The molecule has 2 nitrogen and oxygen atoms in total. The van der Waals surface area contributed by atoms with Gasteiger partial charge in [-0.05, 0) is 51.3 Å². The molecule has 3 heteroatoms. The summed E-state index contributed by atoms with van der Waals surface area (Å²) in [6.07, 6.45) is 0.589. The van der Waals surface area contributed by atoms with E-state index in [0.29, 0.717) is 12.0 Å². The normalized spacial score (nSPS) is 15.2. The molecule has 98 valence electrons. The zero-order chi connectivity index (χ0) is 13.0. The Hall–Kier alpha value is -0.380. The van der Waals surface area contributed by atoms with Crippen molar-refractivity contribution in [2.24, 2.45) is 5.92 Å². The molecule has 0 spiro atoms. The van der Waals surface area contributed by atoms with Crippen LogP contribution in [0.15, 0.2) is 6.07 Å². The Kier molecular flexibility index (Phi) is 5.63. The number of aliphatic hydroxyl groups is 1. The van der Waals surface area contributed by atoms with Crippen LogP contribution in [0.3, 0.4) is 0 Å². The van der Waals surface area contributed by atoms with Crippen LogP contribution in [0.5, 0.6) is 0 Å². The molecule has 1 heterocycles. The quantitative estimate of drug-likeness (QED) is 0.816. The van der Waals surface area contributed by atoms with Gasteiger partial charge in [0.05, 0.1) is 6.10 Å². The summed E-state index contributed by atoms with van der Waals surface area (Å²) in [5.41, 5.74) is 1.42. The van der Waals surface area contributed by atoms with Gasteiger partial charge in [-0.25, -0.2) is 0 Å². The Balaban J connectivity index is 2.69. The maximum Gasteiger partial charge on any atom is 0.0524 e. The van der Waals surface area contributed by atoms with Crippen molar-refractivity contribution in [3.05, 3.63) is 21.4 Å². The van der Waals surface area contributed by atoms with Crippen LogP contribution in [0.2, 0.25) is 0 Å². The van der Waals surface area contributed by atoms with E-state index in [0.717, 1.165) is 13.0 Å². The third kappa shape index (κ3) is 4.41. The lowest BCUT2D eigenvalue weighted by Gasteiger charge is -2.23. The van der Waals surface area contributed by atoms with Gasteiger partial charge in [-0.2, -0.15) is 0 Å². The molecule has 0 bridgehead atoms. The summed E-state index contributed by atoms with van der Waals surface area (Å²) in [7, 11) is 0. The monoisotopic (exact) mass is 255 g/mol. The summed E-state index contributed by atoms with van der Waals surface area (Å²) >= 11 is 1.87. The van der Waals surface area contributed by atoms with E-state index in [-0.39, 0.29) is 6.10 Å². The summed E-state index contributed by atoms with van der Waals surface area (Å²) in [4.78, 5) is 2.78. The van der Waals surface area contributed by atoms with E-state index < -0.39 is 0 Å². The molecule has 0 amide bonds. The van der Waals surface area contributed by atoms with Crippen LogP contribution >= 0.6 is 11.3 Å². The highest BCUT2D eigenvalue weighted by atomic mass is 32.1. The number of rotatable bonds is 6. The second-order valence-electron chi connectivity index (χ2n) is 5.18. The van der Waals surface area contributed by atoms with Crippen molar-refractivity contribution >= 4 is 11.3 Å². The van der Waals surface area contributed by atoms with Crippen molar-refractivity contribution < 1.29 is 5.11 Å². The van der Waals surface area contributed by atoms with Crippen molar-refractivity contribution in [1.29, 1.82) is 0 Å². The third-order valence-electron chi connectivity index (χ3n) is 3.01. The molecule has 1 rings (SSSR count). The van der Waals surface area contributed by atoms with Gasteiger partial charge in [0.25, 0.3) is 0 Å². The molecule has 0 aliphatic rings. The molecule has 0 saturated heterocycles. The molecule has 0 saturated carbocycles. The maximum absolute atomic E-state index is 9.30. The summed E-state index contributed by atoms with van der Waals surface area (Å²) in [6, 6.07) is 2.69. The molecule has 1 aromatic rings. The van der Waals surface area contributed by atoms with Crippen LogP contribution in [0.4, 0.5) is 0 Å². The first kappa shape index (κ1) is 14.7. The fourth-order valence-corrected chi connectivity index (χ4v) is 3.08. The van der Waals surface area contributed by atoms with Crippen LogP contribution < -0.4 is 5.32 Å². The maximum atomic E-state index is 9.30. The number of nitrogens with one attached hydrogen (secondary N) is 1. The van der Waals surface area contributed by atoms with Gasteiger partial charge in [0, 0.05) is 15.8 Å². The summed E-state index contributed by atoms with van der Waals surface area (Å²) < 4.78 is 0. The highest BCUT2D eigenvalue weighted by molar-refractivity contribution is 7.12. The summed E-state index contributed by atoms with van der Waals surface area (Å²) in [5.74, 6) is 0.566. The Morgan fingerprint density at radius 1 is 1.29 bits per heavy atom. The molecule has 0 aromatic carbocycles. The molecular weight excluding hydrogens is 230 g/mol. The number of aliphatic hydroxyl groups excluding tert-OH is 1. The molecule has 2 N–H and O–H groups in total. The lowest BCUT2D eigenvalue weighted by Crippen LogP contribution is -2.28. The Bertz CT molecular complexity index is 344. The lowest BCUT2D eigenvalue weighted by molar-refractivity contribution is 0.180. The van der Waals surface area contributed by atoms with Crippen molar-refractivity contribution in [3.8, 4) is 0 Å². The fraction of sp³-hybridized carbons (Fsp3) is 0.714. The largest absolute Gasteiger partial charge is 0.393 e. The Labute approximate surface area is 109 Å². The molecule has 0 fully saturated rings. The van der Waals surface area contributed by atoms with Crippen molar-refractivity contribution in [3.63, 3.8) is 0 Å².